The Balaban J connectivity index is 1.17. The van der Waals surface area contributed by atoms with Crippen LogP contribution in [0.5, 0.6) is 0 Å². The largest absolute Gasteiger partial charge is 0.309 e. The lowest BCUT2D eigenvalue weighted by molar-refractivity contribution is 0.977. The molecule has 0 amide bonds. The normalized spacial score (nSPS) is 12.3. The van der Waals surface area contributed by atoms with Crippen molar-refractivity contribution in [1.29, 1.82) is 0 Å². The van der Waals surface area contributed by atoms with Gasteiger partial charge in [-0.25, -0.2) is 15.0 Å². The smallest absolute Gasteiger partial charge is 0.164 e. The Morgan fingerprint density at radius 1 is 0.404 bits per heavy atom. The van der Waals surface area contributed by atoms with Crippen molar-refractivity contribution < 1.29 is 0 Å². The van der Waals surface area contributed by atoms with E-state index in [4.69, 9.17) is 15.0 Å². The molecule has 0 N–H and O–H groups in total. The number of hydrogen-bond donors (Lipinski definition) is 0. The first-order valence-electron chi connectivity index (χ1n) is 16.2. The van der Waals surface area contributed by atoms with E-state index in [2.05, 4.69) is 104 Å². The average Bonchev–Trinajstić information content (AvgIpc) is 3.29. The minimum Gasteiger partial charge on any atom is -0.309 e. The zero-order valence-corrected chi connectivity index (χ0v) is 26.6. The minimum atomic E-state index is 0.658. The lowest BCUT2D eigenvalue weighted by atomic mass is 9.96. The number of anilines is 3. The van der Waals surface area contributed by atoms with E-state index in [0.29, 0.717) is 17.5 Å². The van der Waals surface area contributed by atoms with Gasteiger partial charge in [0.1, 0.15) is 0 Å². The molecule has 0 atom stereocenters. The van der Waals surface area contributed by atoms with E-state index in [-0.39, 0.29) is 0 Å². The summed E-state index contributed by atoms with van der Waals surface area (Å²) in [6.07, 6.45) is 2.07. The Morgan fingerprint density at radius 3 is 1.26 bits per heavy atom. The first-order valence-corrected chi connectivity index (χ1v) is 16.2. The summed E-state index contributed by atoms with van der Waals surface area (Å²) in [6.45, 7) is 4.47. The molecule has 7 aromatic rings. The highest BCUT2D eigenvalue weighted by Crippen LogP contribution is 2.45. The molecule has 1 aromatic heterocycles. The van der Waals surface area contributed by atoms with Crippen molar-refractivity contribution in [2.75, 3.05) is 4.90 Å². The molecule has 4 nitrogen and oxygen atoms in total. The highest BCUT2D eigenvalue weighted by molar-refractivity contribution is 5.86. The quantitative estimate of drug-likeness (QED) is 0.195. The third kappa shape index (κ3) is 5.49. The van der Waals surface area contributed by atoms with Gasteiger partial charge in [-0.05, 0) is 84.3 Å². The van der Waals surface area contributed by atoms with Gasteiger partial charge in [-0.15, -0.1) is 0 Å². The molecular weight excluding hydrogens is 573 g/mol. The van der Waals surface area contributed by atoms with Crippen LogP contribution in [0.1, 0.15) is 22.3 Å². The summed E-state index contributed by atoms with van der Waals surface area (Å²) < 4.78 is 0. The second-order valence-corrected chi connectivity index (χ2v) is 12.2. The predicted octanol–water partition coefficient (Wildman–Crippen LogP) is 10.7. The monoisotopic (exact) mass is 606 g/mol. The Labute approximate surface area is 276 Å². The number of fused-ring (bicyclic) bond motifs is 2. The van der Waals surface area contributed by atoms with Crippen LogP contribution in [-0.4, -0.2) is 15.0 Å². The summed E-state index contributed by atoms with van der Waals surface area (Å²) in [7, 11) is 0. The molecule has 0 saturated heterocycles. The molecule has 1 aliphatic rings. The Kier molecular flexibility index (Phi) is 7.39. The van der Waals surface area contributed by atoms with Crippen molar-refractivity contribution in [1.82, 2.24) is 15.0 Å². The van der Waals surface area contributed by atoms with Crippen LogP contribution in [0.2, 0.25) is 0 Å². The van der Waals surface area contributed by atoms with E-state index >= 15 is 0 Å². The molecule has 0 unspecified atom stereocenters. The van der Waals surface area contributed by atoms with Crippen molar-refractivity contribution in [3.63, 3.8) is 0 Å². The lowest BCUT2D eigenvalue weighted by Gasteiger charge is -2.30. The van der Waals surface area contributed by atoms with Gasteiger partial charge in [-0.1, -0.05) is 121 Å². The fourth-order valence-electron chi connectivity index (χ4n) is 6.75. The predicted molar refractivity (Wildman–Crippen MR) is 193 cm³/mol. The molecule has 0 bridgehead atoms. The van der Waals surface area contributed by atoms with Crippen LogP contribution in [0.15, 0.2) is 146 Å². The van der Waals surface area contributed by atoms with Gasteiger partial charge in [-0.3, -0.25) is 0 Å². The van der Waals surface area contributed by atoms with Crippen molar-refractivity contribution in [3.8, 4) is 45.3 Å². The van der Waals surface area contributed by atoms with E-state index in [9.17, 15) is 0 Å². The maximum atomic E-state index is 4.91. The lowest BCUT2D eigenvalue weighted by Crippen LogP contribution is -2.14. The number of benzene rings is 6. The molecule has 0 radical (unpaired) electrons. The van der Waals surface area contributed by atoms with Crippen LogP contribution in [0.4, 0.5) is 17.1 Å². The Hall–Kier alpha value is -5.87. The van der Waals surface area contributed by atoms with E-state index < -0.39 is 0 Å². The second-order valence-electron chi connectivity index (χ2n) is 12.2. The molecule has 0 spiro atoms. The molecule has 0 fully saturated rings. The Morgan fingerprint density at radius 2 is 0.787 bits per heavy atom. The van der Waals surface area contributed by atoms with E-state index in [1.165, 1.54) is 44.9 Å². The number of aromatic nitrogens is 3. The molecule has 6 aromatic carbocycles. The van der Waals surface area contributed by atoms with Gasteiger partial charge < -0.3 is 4.90 Å². The molecule has 2 heterocycles. The van der Waals surface area contributed by atoms with E-state index in [1.54, 1.807) is 0 Å². The molecule has 226 valence electrons. The van der Waals surface area contributed by atoms with Crippen LogP contribution < -0.4 is 4.90 Å². The zero-order chi connectivity index (χ0) is 31.7. The SMILES string of the molecule is Cc1cc(-c2ccc(-c3nc(-c4ccccc4)nc(-c4ccccc4)n3)cc2)cc(C)c1N1c2ccccc2CCc2ccccc21. The van der Waals surface area contributed by atoms with Gasteiger partial charge in [0.15, 0.2) is 17.5 Å². The number of aryl methyl sites for hydroxylation is 4. The van der Waals surface area contributed by atoms with Crippen LogP contribution in [0.3, 0.4) is 0 Å². The first kappa shape index (κ1) is 28.6. The standard InChI is InChI=1S/C43H34N4/c1-29-27-37(28-30(2)40(29)47-38-19-11-9-13-32(38)23-24-33-14-10-12-20-39(33)47)31-21-25-36(26-22-31)43-45-41(34-15-5-3-6-16-34)44-42(46-43)35-17-7-4-8-18-35/h3-22,25-28H,23-24H2,1-2H3. The second kappa shape index (κ2) is 12.1. The highest BCUT2D eigenvalue weighted by Gasteiger charge is 2.24. The summed E-state index contributed by atoms with van der Waals surface area (Å²) in [6, 6.07) is 51.1. The summed E-state index contributed by atoms with van der Waals surface area (Å²) in [4.78, 5) is 17.1. The summed E-state index contributed by atoms with van der Waals surface area (Å²) in [5, 5.41) is 0. The number of nitrogens with zero attached hydrogens (tertiary/aromatic N) is 4. The Bertz CT molecular complexity index is 2080. The number of rotatable bonds is 5. The van der Waals surface area contributed by atoms with Gasteiger partial charge in [0.25, 0.3) is 0 Å². The molecule has 47 heavy (non-hydrogen) atoms. The molecule has 8 rings (SSSR count). The highest BCUT2D eigenvalue weighted by atomic mass is 15.2. The van der Waals surface area contributed by atoms with Crippen LogP contribution >= 0.6 is 0 Å². The topological polar surface area (TPSA) is 41.9 Å². The summed E-state index contributed by atoms with van der Waals surface area (Å²) in [5.74, 6) is 1.99. The van der Waals surface area contributed by atoms with Crippen LogP contribution in [0.25, 0.3) is 45.3 Å². The fourth-order valence-corrected chi connectivity index (χ4v) is 6.75. The van der Waals surface area contributed by atoms with Crippen LogP contribution in [-0.2, 0) is 12.8 Å². The van der Waals surface area contributed by atoms with Crippen LogP contribution in [0, 0.1) is 13.8 Å². The van der Waals surface area contributed by atoms with Crippen molar-refractivity contribution in [2.24, 2.45) is 0 Å². The average molecular weight is 607 g/mol. The minimum absolute atomic E-state index is 0.658. The molecule has 4 heteroatoms. The number of hydrogen-bond acceptors (Lipinski definition) is 4. The van der Waals surface area contributed by atoms with Crippen molar-refractivity contribution in [3.05, 3.63) is 168 Å². The van der Waals surface area contributed by atoms with E-state index in [0.717, 1.165) is 35.1 Å². The number of para-hydroxylation sites is 2. The van der Waals surface area contributed by atoms with Gasteiger partial charge in [0.2, 0.25) is 0 Å². The van der Waals surface area contributed by atoms with Gasteiger partial charge in [0, 0.05) is 28.1 Å². The molecule has 0 saturated carbocycles. The maximum absolute atomic E-state index is 4.91. The summed E-state index contributed by atoms with van der Waals surface area (Å²) in [5.41, 5.74) is 14.3. The fraction of sp³-hybridized carbons (Fsp3) is 0.0930. The summed E-state index contributed by atoms with van der Waals surface area (Å²) >= 11 is 0. The van der Waals surface area contributed by atoms with Gasteiger partial charge in [0.05, 0.1) is 5.69 Å². The van der Waals surface area contributed by atoms with Crippen molar-refractivity contribution >= 4 is 17.1 Å². The van der Waals surface area contributed by atoms with Gasteiger partial charge >= 0.3 is 0 Å². The third-order valence-electron chi connectivity index (χ3n) is 9.02. The third-order valence-corrected chi connectivity index (χ3v) is 9.02. The van der Waals surface area contributed by atoms with Gasteiger partial charge in [-0.2, -0.15) is 0 Å². The first-order chi connectivity index (χ1) is 23.1. The van der Waals surface area contributed by atoms with E-state index in [1.807, 2.05) is 60.7 Å². The zero-order valence-electron chi connectivity index (χ0n) is 26.6. The van der Waals surface area contributed by atoms with Crippen molar-refractivity contribution in [2.45, 2.75) is 26.7 Å². The molecule has 1 aliphatic heterocycles. The molecular formula is C43H34N4. The maximum Gasteiger partial charge on any atom is 0.164 e. The molecule has 0 aliphatic carbocycles.